The molecule has 0 radical (unpaired) electrons. The lowest BCUT2D eigenvalue weighted by atomic mass is 9.72. The normalized spacial score (nSPS) is 35.3. The molecule has 0 aromatic heterocycles. The van der Waals surface area contributed by atoms with Gasteiger partial charge in [-0.3, -0.25) is 9.59 Å². The number of carbonyl (C=O) groups excluding carboxylic acids is 2. The zero-order valence-electron chi connectivity index (χ0n) is 18.4. The summed E-state index contributed by atoms with van der Waals surface area (Å²) in [6.07, 6.45) is 8.25. The van der Waals surface area contributed by atoms with Gasteiger partial charge < -0.3 is 15.0 Å². The van der Waals surface area contributed by atoms with Gasteiger partial charge in [-0.05, 0) is 46.1 Å². The van der Waals surface area contributed by atoms with E-state index in [1.807, 2.05) is 26.8 Å². The summed E-state index contributed by atoms with van der Waals surface area (Å²) in [4.78, 5) is 29.3. The predicted octanol–water partition coefficient (Wildman–Crippen LogP) is 3.47. The van der Waals surface area contributed by atoms with Crippen LogP contribution >= 0.6 is 0 Å². The highest BCUT2D eigenvalue weighted by Gasteiger charge is 2.72. The summed E-state index contributed by atoms with van der Waals surface area (Å²) < 4.78 is 6.54. The highest BCUT2D eigenvalue weighted by molar-refractivity contribution is 5.97. The first-order valence-corrected chi connectivity index (χ1v) is 11.3. The Hall–Kier alpha value is -2.14. The summed E-state index contributed by atoms with van der Waals surface area (Å²) in [6, 6.07) is 7.96. The van der Waals surface area contributed by atoms with Crippen molar-refractivity contribution >= 4 is 11.8 Å². The maximum atomic E-state index is 13.9. The molecular formula is C25H32N2O3. The molecule has 0 unspecified atom stereocenters. The summed E-state index contributed by atoms with van der Waals surface area (Å²) >= 11 is 0. The van der Waals surface area contributed by atoms with Crippen LogP contribution in [0.15, 0.2) is 36.4 Å². The first-order chi connectivity index (χ1) is 14.2. The van der Waals surface area contributed by atoms with Crippen LogP contribution in [0.25, 0.3) is 0 Å². The van der Waals surface area contributed by atoms with Gasteiger partial charge in [0.25, 0.3) is 0 Å². The Morgan fingerprint density at radius 2 is 1.83 bits per heavy atom. The molecule has 1 spiro atoms. The van der Waals surface area contributed by atoms with E-state index in [2.05, 4.69) is 42.6 Å². The van der Waals surface area contributed by atoms with Crippen molar-refractivity contribution in [2.75, 3.05) is 0 Å². The van der Waals surface area contributed by atoms with Crippen molar-refractivity contribution < 1.29 is 14.3 Å². The third kappa shape index (κ3) is 2.78. The van der Waals surface area contributed by atoms with Gasteiger partial charge >= 0.3 is 0 Å². The Bertz CT molecular complexity index is 894. The number of aryl methyl sites for hydroxylation is 1. The van der Waals surface area contributed by atoms with Crippen molar-refractivity contribution in [1.29, 1.82) is 0 Å². The number of fused-ring (bicyclic) bond motifs is 1. The second-order valence-electron chi connectivity index (χ2n) is 10.5. The van der Waals surface area contributed by atoms with E-state index >= 15 is 0 Å². The van der Waals surface area contributed by atoms with Crippen LogP contribution in [0.2, 0.25) is 0 Å². The molecule has 1 aromatic carbocycles. The Morgan fingerprint density at radius 1 is 1.17 bits per heavy atom. The largest absolute Gasteiger partial charge is 0.359 e. The molecule has 3 fully saturated rings. The van der Waals surface area contributed by atoms with Crippen LogP contribution < -0.4 is 5.32 Å². The number of hydrogen-bond donors (Lipinski definition) is 1. The van der Waals surface area contributed by atoms with Crippen LogP contribution in [-0.2, 0) is 14.3 Å². The number of ether oxygens (including phenoxy) is 1. The Morgan fingerprint density at radius 3 is 2.47 bits per heavy atom. The van der Waals surface area contributed by atoms with E-state index < -0.39 is 17.2 Å². The summed E-state index contributed by atoms with van der Waals surface area (Å²) in [5.74, 6) is -0.458. The van der Waals surface area contributed by atoms with Gasteiger partial charge in [-0.1, -0.05) is 54.8 Å². The maximum absolute atomic E-state index is 13.9. The molecule has 160 valence electrons. The number of nitrogens with zero attached hydrogens (tertiary/aromatic N) is 1. The average Bonchev–Trinajstić information content (AvgIpc) is 3.43. The van der Waals surface area contributed by atoms with Crippen molar-refractivity contribution in [3.63, 3.8) is 0 Å². The van der Waals surface area contributed by atoms with Crippen LogP contribution in [0.3, 0.4) is 0 Å². The summed E-state index contributed by atoms with van der Waals surface area (Å²) in [6.45, 7) is 8.09. The van der Waals surface area contributed by atoms with Gasteiger partial charge in [0.15, 0.2) is 0 Å². The SMILES string of the molecule is Cc1ccc([C@H]2[C@H]3C(=O)N(C(C)(C)C)[C@H](C(=O)NC4CCCC4)[C@]34C=C[C@H]2O4)cc1. The van der Waals surface area contributed by atoms with Gasteiger partial charge in [-0.2, -0.15) is 0 Å². The van der Waals surface area contributed by atoms with Gasteiger partial charge in [0.1, 0.15) is 11.6 Å². The van der Waals surface area contributed by atoms with Crippen LogP contribution in [-0.4, -0.2) is 46.0 Å². The summed E-state index contributed by atoms with van der Waals surface area (Å²) in [7, 11) is 0. The quantitative estimate of drug-likeness (QED) is 0.779. The van der Waals surface area contributed by atoms with E-state index in [0.717, 1.165) is 31.2 Å². The third-order valence-electron chi connectivity index (χ3n) is 7.41. The fourth-order valence-electron chi connectivity index (χ4n) is 6.11. The fourth-order valence-corrected chi connectivity index (χ4v) is 6.11. The molecule has 1 aromatic rings. The molecule has 2 amide bonds. The number of benzene rings is 1. The van der Waals surface area contributed by atoms with Gasteiger partial charge in [0, 0.05) is 17.5 Å². The molecule has 3 aliphatic heterocycles. The van der Waals surface area contributed by atoms with E-state index in [0.29, 0.717) is 0 Å². The smallest absolute Gasteiger partial charge is 0.246 e. The minimum Gasteiger partial charge on any atom is -0.359 e. The Kier molecular flexibility index (Phi) is 4.41. The molecule has 5 nitrogen and oxygen atoms in total. The van der Waals surface area contributed by atoms with E-state index in [1.165, 1.54) is 5.56 Å². The second-order valence-corrected chi connectivity index (χ2v) is 10.5. The zero-order chi connectivity index (χ0) is 21.3. The standard InChI is InChI=1S/C25H32N2O3/c1-15-9-11-16(12-10-15)19-18-13-14-25(30-18)20(19)23(29)27(24(2,3)4)21(25)22(28)26-17-7-5-6-8-17/h9-14,17-21H,5-8H2,1-4H3,(H,26,28)/t18-,19-,20+,21-,25+/m1/s1. The van der Waals surface area contributed by atoms with Crippen LogP contribution in [0, 0.1) is 12.8 Å². The van der Waals surface area contributed by atoms with Crippen molar-refractivity contribution in [2.45, 2.75) is 88.6 Å². The molecule has 5 rings (SSSR count). The molecule has 1 N–H and O–H groups in total. The van der Waals surface area contributed by atoms with Gasteiger partial charge in [0.05, 0.1) is 12.0 Å². The number of hydrogen-bond acceptors (Lipinski definition) is 3. The predicted molar refractivity (Wildman–Crippen MR) is 115 cm³/mol. The summed E-state index contributed by atoms with van der Waals surface area (Å²) in [5, 5.41) is 3.25. The van der Waals surface area contributed by atoms with Crippen molar-refractivity contribution in [3.05, 3.63) is 47.5 Å². The van der Waals surface area contributed by atoms with Gasteiger partial charge in [0.2, 0.25) is 11.8 Å². The van der Waals surface area contributed by atoms with Gasteiger partial charge in [-0.15, -0.1) is 0 Å². The van der Waals surface area contributed by atoms with Crippen LogP contribution in [0.5, 0.6) is 0 Å². The number of rotatable bonds is 3. The van der Waals surface area contributed by atoms with Crippen molar-refractivity contribution in [2.24, 2.45) is 5.92 Å². The van der Waals surface area contributed by atoms with E-state index in [-0.39, 0.29) is 35.8 Å². The van der Waals surface area contributed by atoms with Crippen LogP contribution in [0.4, 0.5) is 0 Å². The lowest BCUT2D eigenvalue weighted by molar-refractivity contribution is -0.145. The first-order valence-electron chi connectivity index (χ1n) is 11.3. The number of carbonyl (C=O) groups is 2. The van der Waals surface area contributed by atoms with Crippen LogP contribution in [0.1, 0.15) is 63.5 Å². The lowest BCUT2D eigenvalue weighted by Gasteiger charge is -2.40. The highest BCUT2D eigenvalue weighted by atomic mass is 16.5. The zero-order valence-corrected chi connectivity index (χ0v) is 18.4. The molecule has 5 heteroatoms. The molecular weight excluding hydrogens is 376 g/mol. The first kappa shape index (κ1) is 19.8. The van der Waals surface area contributed by atoms with E-state index in [9.17, 15) is 9.59 Å². The third-order valence-corrected chi connectivity index (χ3v) is 7.41. The van der Waals surface area contributed by atoms with E-state index in [1.54, 1.807) is 4.90 Å². The topological polar surface area (TPSA) is 58.6 Å². The Labute approximate surface area is 178 Å². The molecule has 2 saturated heterocycles. The van der Waals surface area contributed by atoms with Crippen molar-refractivity contribution in [3.8, 4) is 0 Å². The molecule has 30 heavy (non-hydrogen) atoms. The molecule has 3 heterocycles. The number of likely N-dealkylation sites (tertiary alicyclic amines) is 1. The minimum atomic E-state index is -0.882. The fraction of sp³-hybridized carbons (Fsp3) is 0.600. The molecule has 5 atom stereocenters. The van der Waals surface area contributed by atoms with Crippen molar-refractivity contribution in [1.82, 2.24) is 10.2 Å². The molecule has 2 bridgehead atoms. The molecule has 1 aliphatic carbocycles. The monoisotopic (exact) mass is 408 g/mol. The maximum Gasteiger partial charge on any atom is 0.246 e. The highest BCUT2D eigenvalue weighted by Crippen LogP contribution is 2.59. The average molecular weight is 409 g/mol. The lowest BCUT2D eigenvalue weighted by Crippen LogP contribution is -2.60. The second kappa shape index (κ2) is 6.68. The van der Waals surface area contributed by atoms with E-state index in [4.69, 9.17) is 4.74 Å². The number of nitrogens with one attached hydrogen (secondary N) is 1. The molecule has 1 saturated carbocycles. The number of amides is 2. The van der Waals surface area contributed by atoms with Gasteiger partial charge in [-0.25, -0.2) is 0 Å². The molecule has 4 aliphatic rings. The Balaban J connectivity index is 1.56. The minimum absolute atomic E-state index is 0.0338. The summed E-state index contributed by atoms with van der Waals surface area (Å²) in [5.41, 5.74) is 0.950.